The van der Waals surface area contributed by atoms with E-state index in [1.54, 1.807) is 24.3 Å². The molecule has 1 N–H and O–H groups in total. The van der Waals surface area contributed by atoms with Gasteiger partial charge in [0.15, 0.2) is 6.10 Å². The molecule has 1 heterocycles. The first-order valence-corrected chi connectivity index (χ1v) is 8.96. The fourth-order valence-electron chi connectivity index (χ4n) is 2.70. The van der Waals surface area contributed by atoms with Crippen molar-refractivity contribution in [3.8, 4) is 0 Å². The zero-order valence-corrected chi connectivity index (χ0v) is 15.7. The summed E-state index contributed by atoms with van der Waals surface area (Å²) in [5.74, 6) is -1.74. The summed E-state index contributed by atoms with van der Waals surface area (Å²) >= 11 is 5.87. The highest BCUT2D eigenvalue weighted by molar-refractivity contribution is 6.30. The lowest BCUT2D eigenvalue weighted by Gasteiger charge is -2.15. The van der Waals surface area contributed by atoms with E-state index >= 15 is 0 Å². The largest absolute Gasteiger partial charge is 0.449 e. The maximum Gasteiger partial charge on any atom is 0.338 e. The molecule has 1 aliphatic rings. The van der Waals surface area contributed by atoms with Crippen LogP contribution in [0.15, 0.2) is 48.5 Å². The highest BCUT2D eigenvalue weighted by Gasteiger charge is 2.30. The molecule has 0 spiro atoms. The van der Waals surface area contributed by atoms with Crippen LogP contribution in [-0.4, -0.2) is 29.8 Å². The van der Waals surface area contributed by atoms with Crippen LogP contribution < -0.4 is 10.2 Å². The van der Waals surface area contributed by atoms with Crippen molar-refractivity contribution >= 4 is 46.7 Å². The Morgan fingerprint density at radius 2 is 1.71 bits per heavy atom. The van der Waals surface area contributed by atoms with Crippen LogP contribution in [0.3, 0.4) is 0 Å². The molecule has 3 amide bonds. The lowest BCUT2D eigenvalue weighted by Crippen LogP contribution is -2.30. The zero-order valence-electron chi connectivity index (χ0n) is 15.0. The molecule has 0 bridgehead atoms. The number of imide groups is 1. The molecule has 1 atom stereocenters. The van der Waals surface area contributed by atoms with Gasteiger partial charge in [-0.15, -0.1) is 0 Å². The van der Waals surface area contributed by atoms with Gasteiger partial charge in [0.05, 0.1) is 11.3 Å². The van der Waals surface area contributed by atoms with Gasteiger partial charge in [-0.1, -0.05) is 17.7 Å². The van der Waals surface area contributed by atoms with E-state index in [4.69, 9.17) is 16.3 Å². The van der Waals surface area contributed by atoms with Gasteiger partial charge in [0.2, 0.25) is 11.8 Å². The minimum atomic E-state index is -1.03. The number of benzene rings is 2. The predicted molar refractivity (Wildman–Crippen MR) is 103 cm³/mol. The lowest BCUT2D eigenvalue weighted by molar-refractivity contribution is -0.124. The normalized spacial score (nSPS) is 14.7. The molecule has 2 aromatic carbocycles. The number of anilines is 2. The summed E-state index contributed by atoms with van der Waals surface area (Å²) in [4.78, 5) is 49.0. The maximum atomic E-state index is 12.3. The Bertz CT molecular complexity index is 926. The van der Waals surface area contributed by atoms with Crippen LogP contribution in [0.25, 0.3) is 0 Å². The molecule has 0 aliphatic carbocycles. The summed E-state index contributed by atoms with van der Waals surface area (Å²) in [6.07, 6.45) is -0.670. The highest BCUT2D eigenvalue weighted by atomic mass is 35.5. The molecule has 1 fully saturated rings. The molecule has 2 aromatic rings. The topological polar surface area (TPSA) is 92.8 Å². The second-order valence-electron chi connectivity index (χ2n) is 6.22. The summed E-state index contributed by atoms with van der Waals surface area (Å²) < 4.78 is 5.18. The van der Waals surface area contributed by atoms with Gasteiger partial charge < -0.3 is 10.1 Å². The van der Waals surface area contributed by atoms with Crippen molar-refractivity contribution in [2.75, 3.05) is 10.2 Å². The molecule has 0 saturated carbocycles. The zero-order chi connectivity index (χ0) is 20.3. The Balaban J connectivity index is 1.61. The van der Waals surface area contributed by atoms with Crippen LogP contribution in [0.2, 0.25) is 5.02 Å². The SMILES string of the molecule is C[C@@H](OC(=O)c1ccc(N2C(=O)CCC2=O)cc1)C(=O)Nc1cccc(Cl)c1. The summed E-state index contributed by atoms with van der Waals surface area (Å²) in [5.41, 5.74) is 1.09. The lowest BCUT2D eigenvalue weighted by atomic mass is 10.2. The van der Waals surface area contributed by atoms with Gasteiger partial charge in [0.1, 0.15) is 0 Å². The van der Waals surface area contributed by atoms with Crippen LogP contribution in [0.5, 0.6) is 0 Å². The molecule has 3 rings (SSSR count). The van der Waals surface area contributed by atoms with Crippen molar-refractivity contribution in [2.45, 2.75) is 25.9 Å². The van der Waals surface area contributed by atoms with E-state index in [0.29, 0.717) is 16.4 Å². The number of rotatable bonds is 5. The smallest absolute Gasteiger partial charge is 0.338 e. The molecular formula is C20H17ClN2O5. The Labute approximate surface area is 166 Å². The van der Waals surface area contributed by atoms with Crippen molar-refractivity contribution in [1.82, 2.24) is 0 Å². The van der Waals surface area contributed by atoms with Crippen molar-refractivity contribution in [3.63, 3.8) is 0 Å². The molecule has 0 aromatic heterocycles. The number of carbonyl (C=O) groups is 4. The molecule has 7 nitrogen and oxygen atoms in total. The van der Waals surface area contributed by atoms with Crippen molar-refractivity contribution in [1.29, 1.82) is 0 Å². The number of hydrogen-bond donors (Lipinski definition) is 1. The van der Waals surface area contributed by atoms with E-state index in [0.717, 1.165) is 4.90 Å². The molecule has 0 unspecified atom stereocenters. The quantitative estimate of drug-likeness (QED) is 0.614. The van der Waals surface area contributed by atoms with Crippen molar-refractivity contribution in [2.24, 2.45) is 0 Å². The van der Waals surface area contributed by atoms with Crippen LogP contribution in [0.4, 0.5) is 11.4 Å². The highest BCUT2D eigenvalue weighted by Crippen LogP contribution is 2.23. The van der Waals surface area contributed by atoms with E-state index < -0.39 is 18.0 Å². The monoisotopic (exact) mass is 400 g/mol. The summed E-state index contributed by atoms with van der Waals surface area (Å²) in [6.45, 7) is 1.45. The van der Waals surface area contributed by atoms with Crippen molar-refractivity contribution < 1.29 is 23.9 Å². The Morgan fingerprint density at radius 3 is 2.32 bits per heavy atom. The molecule has 0 radical (unpaired) electrons. The minimum absolute atomic E-state index is 0.182. The van der Waals surface area contributed by atoms with Gasteiger partial charge >= 0.3 is 5.97 Å². The first kappa shape index (κ1) is 19.6. The number of amides is 3. The number of carbonyl (C=O) groups excluding carboxylic acids is 4. The second kappa shape index (κ2) is 8.22. The van der Waals surface area contributed by atoms with E-state index in [9.17, 15) is 19.2 Å². The minimum Gasteiger partial charge on any atom is -0.449 e. The molecule has 1 aliphatic heterocycles. The number of nitrogens with one attached hydrogen (secondary N) is 1. The van der Waals surface area contributed by atoms with Gasteiger partial charge in [-0.25, -0.2) is 4.79 Å². The number of halogens is 1. The number of ether oxygens (including phenoxy) is 1. The third kappa shape index (κ3) is 4.37. The first-order chi connectivity index (χ1) is 13.3. The van der Waals surface area contributed by atoms with Crippen molar-refractivity contribution in [3.05, 3.63) is 59.1 Å². The summed E-state index contributed by atoms with van der Waals surface area (Å²) in [6, 6.07) is 12.5. The van der Waals surface area contributed by atoms with Crippen LogP contribution >= 0.6 is 11.6 Å². The standard InChI is InChI=1S/C20H17ClN2O5/c1-12(19(26)22-15-4-2-3-14(21)11-15)28-20(27)13-5-7-16(8-6-13)23-17(24)9-10-18(23)25/h2-8,11-12H,9-10H2,1H3,(H,22,26)/t12-/m1/s1. The van der Waals surface area contributed by atoms with Gasteiger partial charge in [-0.3, -0.25) is 19.3 Å². The van der Waals surface area contributed by atoms with Gasteiger partial charge in [0.25, 0.3) is 5.91 Å². The Morgan fingerprint density at radius 1 is 1.07 bits per heavy atom. The number of nitrogens with zero attached hydrogens (tertiary/aromatic N) is 1. The first-order valence-electron chi connectivity index (χ1n) is 8.58. The molecule has 144 valence electrons. The van der Waals surface area contributed by atoms with E-state index in [1.807, 2.05) is 0 Å². The van der Waals surface area contributed by atoms with Gasteiger partial charge in [0, 0.05) is 23.6 Å². The average Bonchev–Trinajstić information content (AvgIpc) is 3.00. The van der Waals surface area contributed by atoms with Crippen LogP contribution in [0, 0.1) is 0 Å². The van der Waals surface area contributed by atoms with E-state index in [1.165, 1.54) is 31.2 Å². The molecule has 1 saturated heterocycles. The van der Waals surface area contributed by atoms with Crippen LogP contribution in [-0.2, 0) is 19.1 Å². The van der Waals surface area contributed by atoms with Gasteiger partial charge in [-0.2, -0.15) is 0 Å². The summed E-state index contributed by atoms with van der Waals surface area (Å²) in [5, 5.41) is 3.08. The third-order valence-corrected chi connectivity index (χ3v) is 4.39. The van der Waals surface area contributed by atoms with Gasteiger partial charge in [-0.05, 0) is 49.4 Å². The predicted octanol–water partition coefficient (Wildman–Crippen LogP) is 3.18. The fourth-order valence-corrected chi connectivity index (χ4v) is 2.89. The molecule has 28 heavy (non-hydrogen) atoms. The second-order valence-corrected chi connectivity index (χ2v) is 6.65. The molecular weight excluding hydrogens is 384 g/mol. The number of esters is 1. The maximum absolute atomic E-state index is 12.3. The summed E-state index contributed by atoms with van der Waals surface area (Å²) in [7, 11) is 0. The van der Waals surface area contributed by atoms with E-state index in [2.05, 4.69) is 5.32 Å². The van der Waals surface area contributed by atoms with Crippen LogP contribution in [0.1, 0.15) is 30.1 Å². The van der Waals surface area contributed by atoms with E-state index in [-0.39, 0.29) is 30.2 Å². The Hall–Kier alpha value is -3.19. The average molecular weight is 401 g/mol. The fraction of sp³-hybridized carbons (Fsp3) is 0.200. The third-order valence-electron chi connectivity index (χ3n) is 4.16. The molecule has 8 heteroatoms. The Kier molecular flexibility index (Phi) is 5.75. The number of hydrogen-bond acceptors (Lipinski definition) is 5.